The van der Waals surface area contributed by atoms with Gasteiger partial charge in [-0.15, -0.1) is 10.2 Å². The molecule has 7 heteroatoms. The summed E-state index contributed by atoms with van der Waals surface area (Å²) in [5, 5.41) is 10.8. The van der Waals surface area contributed by atoms with Crippen LogP contribution >= 0.6 is 11.8 Å². The fourth-order valence-electron chi connectivity index (χ4n) is 2.92. The van der Waals surface area contributed by atoms with Gasteiger partial charge in [0.25, 0.3) is 0 Å². The zero-order valence-corrected chi connectivity index (χ0v) is 14.5. The molecule has 0 spiro atoms. The molecule has 126 valence electrons. The van der Waals surface area contributed by atoms with Crippen LogP contribution in [0.3, 0.4) is 0 Å². The Bertz CT molecular complexity index is 874. The Morgan fingerprint density at radius 3 is 3.04 bits per heavy atom. The maximum absolute atomic E-state index is 5.61. The Balaban J connectivity index is 1.74. The lowest BCUT2D eigenvalue weighted by molar-refractivity contribution is -0.130. The van der Waals surface area contributed by atoms with Crippen molar-refractivity contribution in [3.8, 4) is 5.75 Å². The van der Waals surface area contributed by atoms with Gasteiger partial charge in [0, 0.05) is 17.2 Å². The summed E-state index contributed by atoms with van der Waals surface area (Å²) in [4.78, 5) is 0. The fraction of sp³-hybridized carbons (Fsp3) is 0.412. The van der Waals surface area contributed by atoms with E-state index in [1.807, 2.05) is 12.1 Å². The van der Waals surface area contributed by atoms with Gasteiger partial charge in [-0.05, 0) is 37.1 Å². The number of nitrogens with zero attached hydrogens (tertiary/aromatic N) is 3. The highest BCUT2D eigenvalue weighted by atomic mass is 32.2. The first-order chi connectivity index (χ1) is 11.8. The van der Waals surface area contributed by atoms with E-state index in [0.29, 0.717) is 6.79 Å². The van der Waals surface area contributed by atoms with Crippen LogP contribution in [0, 0.1) is 6.92 Å². The number of aryl methyl sites for hydroxylation is 1. The third-order valence-corrected chi connectivity index (χ3v) is 5.31. The van der Waals surface area contributed by atoms with Crippen molar-refractivity contribution in [1.82, 2.24) is 14.6 Å². The average Bonchev–Trinajstić information content (AvgIpc) is 3.03. The van der Waals surface area contributed by atoms with Crippen LogP contribution in [0.2, 0.25) is 0 Å². The lowest BCUT2D eigenvalue weighted by Gasteiger charge is -2.21. The van der Waals surface area contributed by atoms with Crippen molar-refractivity contribution >= 4 is 28.3 Å². The first kappa shape index (κ1) is 15.7. The van der Waals surface area contributed by atoms with Gasteiger partial charge < -0.3 is 14.2 Å². The molecule has 1 fully saturated rings. The van der Waals surface area contributed by atoms with Crippen molar-refractivity contribution in [1.29, 1.82) is 0 Å². The summed E-state index contributed by atoms with van der Waals surface area (Å²) in [5.41, 5.74) is 3.09. The van der Waals surface area contributed by atoms with Crippen LogP contribution in [-0.2, 0) is 9.47 Å². The molecular formula is C17H19N3O3S. The van der Waals surface area contributed by atoms with Crippen LogP contribution in [0.5, 0.6) is 5.75 Å². The molecule has 0 amide bonds. The second kappa shape index (κ2) is 6.58. The second-order valence-electron chi connectivity index (χ2n) is 5.80. The van der Waals surface area contributed by atoms with Gasteiger partial charge in [-0.25, -0.2) is 0 Å². The Hall–Kier alpha value is -1.83. The molecule has 6 nitrogen and oxygen atoms in total. The van der Waals surface area contributed by atoms with E-state index in [2.05, 4.69) is 33.7 Å². The minimum absolute atomic E-state index is 0.197. The highest BCUT2D eigenvalue weighted by molar-refractivity contribution is 7.99. The highest BCUT2D eigenvalue weighted by Gasteiger charge is 2.17. The molecule has 0 bridgehead atoms. The monoisotopic (exact) mass is 345 g/mol. The number of rotatable bonds is 4. The van der Waals surface area contributed by atoms with Crippen molar-refractivity contribution in [2.45, 2.75) is 24.6 Å². The van der Waals surface area contributed by atoms with Gasteiger partial charge in [0.15, 0.2) is 10.8 Å². The van der Waals surface area contributed by atoms with Gasteiger partial charge in [0.2, 0.25) is 0 Å². The van der Waals surface area contributed by atoms with E-state index >= 15 is 0 Å². The average molecular weight is 345 g/mol. The Kier molecular flexibility index (Phi) is 4.30. The first-order valence-corrected chi connectivity index (χ1v) is 8.89. The molecule has 1 aromatic carbocycles. The zero-order valence-electron chi connectivity index (χ0n) is 13.7. The number of methoxy groups -OCH3 is 1. The number of fused-ring (bicyclic) bond motifs is 3. The lowest BCUT2D eigenvalue weighted by Crippen LogP contribution is -2.25. The van der Waals surface area contributed by atoms with E-state index in [0.717, 1.165) is 40.9 Å². The quantitative estimate of drug-likeness (QED) is 0.678. The standard InChI is InChI=1S/C17H19N3O3S/c1-11-7-16-18-19-17(24-9-13-5-6-22-10-23-13)20(16)15-8-12(21-2)3-4-14(11)15/h3-4,7-8,13H,5-6,9-10H2,1-2H3/t13-/m0/s1. The Labute approximate surface area is 144 Å². The fourth-order valence-corrected chi connectivity index (χ4v) is 3.94. The van der Waals surface area contributed by atoms with Crippen molar-refractivity contribution in [3.05, 3.63) is 29.8 Å². The van der Waals surface area contributed by atoms with Crippen molar-refractivity contribution in [2.24, 2.45) is 0 Å². The van der Waals surface area contributed by atoms with Gasteiger partial charge in [-0.2, -0.15) is 0 Å². The minimum atomic E-state index is 0.197. The predicted molar refractivity (Wildman–Crippen MR) is 92.8 cm³/mol. The molecule has 0 radical (unpaired) electrons. The summed E-state index contributed by atoms with van der Waals surface area (Å²) in [6, 6.07) is 8.16. The molecule has 4 rings (SSSR count). The number of benzene rings is 1. The summed E-state index contributed by atoms with van der Waals surface area (Å²) < 4.78 is 18.3. The van der Waals surface area contributed by atoms with E-state index in [1.54, 1.807) is 18.9 Å². The SMILES string of the molecule is COc1ccc2c(C)cc3nnc(SC[C@@H]4CCOCO4)n3c2c1. The van der Waals surface area contributed by atoms with Crippen LogP contribution in [0.25, 0.3) is 16.6 Å². The van der Waals surface area contributed by atoms with Gasteiger partial charge in [0.05, 0.1) is 25.3 Å². The van der Waals surface area contributed by atoms with Gasteiger partial charge in [-0.1, -0.05) is 11.8 Å². The summed E-state index contributed by atoms with van der Waals surface area (Å²) in [6.45, 7) is 3.22. The molecule has 24 heavy (non-hydrogen) atoms. The van der Waals surface area contributed by atoms with E-state index in [-0.39, 0.29) is 6.10 Å². The molecule has 1 aliphatic rings. The van der Waals surface area contributed by atoms with Gasteiger partial charge in [0.1, 0.15) is 12.5 Å². The number of aromatic nitrogens is 3. The van der Waals surface area contributed by atoms with Crippen LogP contribution in [0.4, 0.5) is 0 Å². The number of pyridine rings is 1. The van der Waals surface area contributed by atoms with Gasteiger partial charge in [-0.3, -0.25) is 4.40 Å². The number of ether oxygens (including phenoxy) is 3. The third kappa shape index (κ3) is 2.83. The van der Waals surface area contributed by atoms with Gasteiger partial charge >= 0.3 is 0 Å². The molecule has 3 heterocycles. The van der Waals surface area contributed by atoms with Crippen LogP contribution in [0.15, 0.2) is 29.4 Å². The molecule has 0 unspecified atom stereocenters. The summed E-state index contributed by atoms with van der Waals surface area (Å²) >= 11 is 1.67. The van der Waals surface area contributed by atoms with Crippen molar-refractivity contribution in [2.75, 3.05) is 26.3 Å². The van der Waals surface area contributed by atoms with Crippen molar-refractivity contribution < 1.29 is 14.2 Å². The summed E-state index contributed by atoms with van der Waals surface area (Å²) in [6.07, 6.45) is 1.11. The number of hydrogen-bond acceptors (Lipinski definition) is 6. The Morgan fingerprint density at radius 2 is 2.25 bits per heavy atom. The maximum Gasteiger partial charge on any atom is 0.196 e. The van der Waals surface area contributed by atoms with E-state index in [9.17, 15) is 0 Å². The smallest absolute Gasteiger partial charge is 0.196 e. The second-order valence-corrected chi connectivity index (χ2v) is 6.79. The molecule has 1 aliphatic heterocycles. The molecule has 0 N–H and O–H groups in total. The number of hydrogen-bond donors (Lipinski definition) is 0. The van der Waals surface area contributed by atoms with E-state index in [4.69, 9.17) is 14.2 Å². The van der Waals surface area contributed by atoms with E-state index < -0.39 is 0 Å². The highest BCUT2D eigenvalue weighted by Crippen LogP contribution is 2.29. The van der Waals surface area contributed by atoms with Crippen LogP contribution in [0.1, 0.15) is 12.0 Å². The molecule has 2 aromatic heterocycles. The molecule has 3 aromatic rings. The molecule has 1 atom stereocenters. The zero-order chi connectivity index (χ0) is 16.5. The molecule has 0 aliphatic carbocycles. The number of thioether (sulfide) groups is 1. The lowest BCUT2D eigenvalue weighted by atomic mass is 10.1. The minimum Gasteiger partial charge on any atom is -0.497 e. The van der Waals surface area contributed by atoms with E-state index in [1.165, 1.54) is 10.9 Å². The van der Waals surface area contributed by atoms with Crippen LogP contribution < -0.4 is 4.74 Å². The topological polar surface area (TPSA) is 57.9 Å². The normalized spacial score (nSPS) is 18.3. The summed E-state index contributed by atoms with van der Waals surface area (Å²) in [5.74, 6) is 1.66. The van der Waals surface area contributed by atoms with Crippen LogP contribution in [-0.4, -0.2) is 47.0 Å². The Morgan fingerprint density at radius 1 is 1.33 bits per heavy atom. The van der Waals surface area contributed by atoms with Crippen molar-refractivity contribution in [3.63, 3.8) is 0 Å². The third-order valence-electron chi connectivity index (χ3n) is 4.24. The molecular weight excluding hydrogens is 326 g/mol. The predicted octanol–water partition coefficient (Wildman–Crippen LogP) is 3.05. The summed E-state index contributed by atoms with van der Waals surface area (Å²) in [7, 11) is 1.68. The maximum atomic E-state index is 5.61. The first-order valence-electron chi connectivity index (χ1n) is 7.91. The molecule has 1 saturated heterocycles. The molecule has 0 saturated carbocycles. The largest absolute Gasteiger partial charge is 0.497 e.